The summed E-state index contributed by atoms with van der Waals surface area (Å²) < 4.78 is 30.5. The molecule has 0 aromatic heterocycles. The van der Waals surface area contributed by atoms with E-state index in [9.17, 15) is 8.78 Å². The lowest BCUT2D eigenvalue weighted by atomic mass is 9.93. The normalized spacial score (nSPS) is 17.6. The van der Waals surface area contributed by atoms with Crippen molar-refractivity contribution in [2.24, 2.45) is 5.73 Å². The maximum Gasteiger partial charge on any atom is 0.263 e. The van der Waals surface area contributed by atoms with Crippen molar-refractivity contribution in [3.8, 4) is 5.75 Å². The standard InChI is InChI=1S/C12H15F2NO/c1-16-10-3-2-8(11(13)14)6-9(10)12(7-15)4-5-12/h2-3,6,11H,4-5,7,15H2,1H3. The number of hydrogen-bond acceptors (Lipinski definition) is 2. The lowest BCUT2D eigenvalue weighted by Crippen LogP contribution is -2.20. The summed E-state index contributed by atoms with van der Waals surface area (Å²) >= 11 is 0. The molecule has 4 heteroatoms. The van der Waals surface area contributed by atoms with Crippen LogP contribution in [0.15, 0.2) is 18.2 Å². The Morgan fingerprint density at radius 3 is 2.56 bits per heavy atom. The second-order valence-corrected chi connectivity index (χ2v) is 4.24. The number of hydrogen-bond donors (Lipinski definition) is 1. The molecule has 0 amide bonds. The van der Waals surface area contributed by atoms with Crippen LogP contribution in [0.1, 0.15) is 30.4 Å². The van der Waals surface area contributed by atoms with E-state index in [4.69, 9.17) is 10.5 Å². The Balaban J connectivity index is 2.44. The molecule has 0 spiro atoms. The van der Waals surface area contributed by atoms with Crippen LogP contribution in [-0.4, -0.2) is 13.7 Å². The second-order valence-electron chi connectivity index (χ2n) is 4.24. The van der Waals surface area contributed by atoms with Gasteiger partial charge in [-0.3, -0.25) is 0 Å². The van der Waals surface area contributed by atoms with E-state index < -0.39 is 6.43 Å². The number of methoxy groups -OCH3 is 1. The first kappa shape index (κ1) is 11.3. The zero-order valence-electron chi connectivity index (χ0n) is 9.17. The van der Waals surface area contributed by atoms with Crippen molar-refractivity contribution in [3.05, 3.63) is 29.3 Å². The Labute approximate surface area is 93.4 Å². The smallest absolute Gasteiger partial charge is 0.263 e. The number of halogens is 2. The van der Waals surface area contributed by atoms with E-state index in [1.165, 1.54) is 12.1 Å². The van der Waals surface area contributed by atoms with Gasteiger partial charge in [-0.15, -0.1) is 0 Å². The first-order valence-corrected chi connectivity index (χ1v) is 5.29. The fraction of sp³-hybridized carbons (Fsp3) is 0.500. The highest BCUT2D eigenvalue weighted by atomic mass is 19.3. The maximum atomic E-state index is 12.6. The van der Waals surface area contributed by atoms with Gasteiger partial charge in [0, 0.05) is 23.1 Å². The summed E-state index contributed by atoms with van der Waals surface area (Å²) in [6, 6.07) is 4.54. The van der Waals surface area contributed by atoms with E-state index in [-0.39, 0.29) is 11.0 Å². The highest BCUT2D eigenvalue weighted by Crippen LogP contribution is 2.51. The Morgan fingerprint density at radius 1 is 1.44 bits per heavy atom. The molecule has 0 radical (unpaired) electrons. The molecule has 2 nitrogen and oxygen atoms in total. The van der Waals surface area contributed by atoms with Crippen LogP contribution in [0.5, 0.6) is 5.75 Å². The van der Waals surface area contributed by atoms with Gasteiger partial charge in [0.25, 0.3) is 6.43 Å². The monoisotopic (exact) mass is 227 g/mol. The molecule has 1 aromatic carbocycles. The largest absolute Gasteiger partial charge is 0.496 e. The molecule has 16 heavy (non-hydrogen) atoms. The summed E-state index contributed by atoms with van der Waals surface area (Å²) in [6.45, 7) is 0.482. The molecule has 1 aliphatic carbocycles. The summed E-state index contributed by atoms with van der Waals surface area (Å²) in [7, 11) is 1.55. The molecule has 0 bridgehead atoms. The Bertz CT molecular complexity index is 389. The lowest BCUT2D eigenvalue weighted by molar-refractivity contribution is 0.151. The van der Waals surface area contributed by atoms with Gasteiger partial charge in [-0.25, -0.2) is 8.78 Å². The Kier molecular flexibility index (Phi) is 2.84. The van der Waals surface area contributed by atoms with Crippen LogP contribution in [0.4, 0.5) is 8.78 Å². The Morgan fingerprint density at radius 2 is 2.12 bits per heavy atom. The van der Waals surface area contributed by atoms with Gasteiger partial charge in [0.2, 0.25) is 0 Å². The highest BCUT2D eigenvalue weighted by Gasteiger charge is 2.45. The van der Waals surface area contributed by atoms with E-state index in [0.717, 1.165) is 18.4 Å². The Hall–Kier alpha value is -1.16. The number of nitrogens with two attached hydrogens (primary N) is 1. The number of benzene rings is 1. The summed E-state index contributed by atoms with van der Waals surface area (Å²) in [4.78, 5) is 0. The third kappa shape index (κ3) is 1.78. The van der Waals surface area contributed by atoms with Crippen LogP contribution in [0.25, 0.3) is 0 Å². The molecule has 88 valence electrons. The van der Waals surface area contributed by atoms with Crippen LogP contribution in [0.3, 0.4) is 0 Å². The molecule has 0 saturated heterocycles. The van der Waals surface area contributed by atoms with Gasteiger partial charge in [0.1, 0.15) is 5.75 Å². The molecule has 2 N–H and O–H groups in total. The topological polar surface area (TPSA) is 35.2 Å². The minimum atomic E-state index is -2.45. The quantitative estimate of drug-likeness (QED) is 0.858. The molecular weight excluding hydrogens is 212 g/mol. The third-order valence-electron chi connectivity index (χ3n) is 3.29. The number of rotatable bonds is 4. The van der Waals surface area contributed by atoms with E-state index in [2.05, 4.69) is 0 Å². The molecule has 0 unspecified atom stereocenters. The molecule has 0 heterocycles. The van der Waals surface area contributed by atoms with Crippen molar-refractivity contribution >= 4 is 0 Å². The van der Waals surface area contributed by atoms with Crippen molar-refractivity contribution in [1.82, 2.24) is 0 Å². The molecular formula is C12H15F2NO. The molecule has 1 saturated carbocycles. The summed E-state index contributed by atoms with van der Waals surface area (Å²) in [6.07, 6.45) is -0.544. The van der Waals surface area contributed by atoms with Crippen molar-refractivity contribution in [2.75, 3.05) is 13.7 Å². The molecule has 0 aliphatic heterocycles. The van der Waals surface area contributed by atoms with E-state index in [1.54, 1.807) is 13.2 Å². The third-order valence-corrected chi connectivity index (χ3v) is 3.29. The van der Waals surface area contributed by atoms with Crippen LogP contribution < -0.4 is 10.5 Å². The predicted octanol–water partition coefficient (Wildman–Crippen LogP) is 2.62. The first-order chi connectivity index (χ1) is 7.63. The van der Waals surface area contributed by atoms with E-state index in [0.29, 0.717) is 12.3 Å². The van der Waals surface area contributed by atoms with Gasteiger partial charge < -0.3 is 10.5 Å². The SMILES string of the molecule is COc1ccc(C(F)F)cc1C1(CN)CC1. The fourth-order valence-electron chi connectivity index (χ4n) is 2.01. The average Bonchev–Trinajstić information content (AvgIpc) is 3.09. The zero-order chi connectivity index (χ0) is 11.8. The van der Waals surface area contributed by atoms with Crippen LogP contribution in [0.2, 0.25) is 0 Å². The van der Waals surface area contributed by atoms with Gasteiger partial charge in [-0.2, -0.15) is 0 Å². The highest BCUT2D eigenvalue weighted by molar-refractivity contribution is 5.46. The van der Waals surface area contributed by atoms with Gasteiger partial charge >= 0.3 is 0 Å². The molecule has 1 aliphatic rings. The zero-order valence-corrected chi connectivity index (χ0v) is 9.17. The van der Waals surface area contributed by atoms with Gasteiger partial charge in [0.15, 0.2) is 0 Å². The fourth-order valence-corrected chi connectivity index (χ4v) is 2.01. The summed E-state index contributed by atoms with van der Waals surface area (Å²) in [5.41, 5.74) is 6.45. The minimum Gasteiger partial charge on any atom is -0.496 e. The van der Waals surface area contributed by atoms with Crippen molar-refractivity contribution < 1.29 is 13.5 Å². The predicted molar refractivity (Wildman–Crippen MR) is 57.9 cm³/mol. The summed E-state index contributed by atoms with van der Waals surface area (Å²) in [5.74, 6) is 0.660. The summed E-state index contributed by atoms with van der Waals surface area (Å²) in [5, 5.41) is 0. The van der Waals surface area contributed by atoms with Gasteiger partial charge in [-0.1, -0.05) is 0 Å². The van der Waals surface area contributed by atoms with Crippen molar-refractivity contribution in [2.45, 2.75) is 24.7 Å². The van der Waals surface area contributed by atoms with Crippen molar-refractivity contribution in [1.29, 1.82) is 0 Å². The second kappa shape index (κ2) is 4.01. The lowest BCUT2D eigenvalue weighted by Gasteiger charge is -2.18. The number of ether oxygens (including phenoxy) is 1. The maximum absolute atomic E-state index is 12.6. The van der Waals surface area contributed by atoms with Crippen molar-refractivity contribution in [3.63, 3.8) is 0 Å². The molecule has 2 rings (SSSR count). The molecule has 1 aromatic rings. The first-order valence-electron chi connectivity index (χ1n) is 5.29. The molecule has 1 fully saturated rings. The average molecular weight is 227 g/mol. The van der Waals surface area contributed by atoms with E-state index in [1.807, 2.05) is 0 Å². The van der Waals surface area contributed by atoms with Crippen LogP contribution in [0, 0.1) is 0 Å². The minimum absolute atomic E-state index is 0.0375. The van der Waals surface area contributed by atoms with Crippen LogP contribution >= 0.6 is 0 Å². The molecule has 0 atom stereocenters. The van der Waals surface area contributed by atoms with E-state index >= 15 is 0 Å². The van der Waals surface area contributed by atoms with Gasteiger partial charge in [0.05, 0.1) is 7.11 Å². The van der Waals surface area contributed by atoms with Gasteiger partial charge in [-0.05, 0) is 31.0 Å². The van der Waals surface area contributed by atoms with Crippen LogP contribution in [-0.2, 0) is 5.41 Å². The number of alkyl halides is 2.